The number of carboxylic acid groups (broad SMARTS) is 1. The van der Waals surface area contributed by atoms with Gasteiger partial charge in [0.1, 0.15) is 0 Å². The van der Waals surface area contributed by atoms with Crippen LogP contribution < -0.4 is 5.32 Å². The Balaban J connectivity index is 1.84. The predicted octanol–water partition coefficient (Wildman–Crippen LogP) is 1.53. The molecular formula is C15H17N3O3. The fourth-order valence-electron chi connectivity index (χ4n) is 1.90. The minimum atomic E-state index is -0.960. The van der Waals surface area contributed by atoms with Crippen LogP contribution in [0.15, 0.2) is 42.7 Å². The van der Waals surface area contributed by atoms with Crippen LogP contribution in [0.5, 0.6) is 0 Å². The Morgan fingerprint density at radius 1 is 1.33 bits per heavy atom. The third-order valence-electron chi connectivity index (χ3n) is 3.14. The zero-order chi connectivity index (χ0) is 15.2. The topological polar surface area (TPSA) is 84.2 Å². The van der Waals surface area contributed by atoms with E-state index in [4.69, 9.17) is 5.11 Å². The Morgan fingerprint density at radius 3 is 2.62 bits per heavy atom. The average Bonchev–Trinajstić information content (AvgIpc) is 2.98. The summed E-state index contributed by atoms with van der Waals surface area (Å²) in [6.07, 6.45) is 3.49. The summed E-state index contributed by atoms with van der Waals surface area (Å²) < 4.78 is 1.71. The third kappa shape index (κ3) is 4.17. The summed E-state index contributed by atoms with van der Waals surface area (Å²) in [4.78, 5) is 22.7. The Labute approximate surface area is 122 Å². The average molecular weight is 287 g/mol. The van der Waals surface area contributed by atoms with Gasteiger partial charge in [0.25, 0.3) is 0 Å². The van der Waals surface area contributed by atoms with Crippen molar-refractivity contribution < 1.29 is 14.7 Å². The first kappa shape index (κ1) is 14.8. The number of aromatic carboxylic acids is 1. The molecule has 1 aromatic heterocycles. The number of nitrogens with one attached hydrogen (secondary N) is 1. The molecule has 0 aliphatic rings. The fraction of sp³-hybridized carbons (Fsp3) is 0.267. The number of nitrogens with zero attached hydrogens (tertiary/aromatic N) is 2. The number of carbonyl (C=O) groups excluding carboxylic acids is 1. The van der Waals surface area contributed by atoms with Gasteiger partial charge in [0.15, 0.2) is 0 Å². The van der Waals surface area contributed by atoms with E-state index in [1.54, 1.807) is 23.0 Å². The molecule has 1 amide bonds. The van der Waals surface area contributed by atoms with E-state index in [1.165, 1.54) is 12.1 Å². The summed E-state index contributed by atoms with van der Waals surface area (Å²) in [5.74, 6) is -1.21. The highest BCUT2D eigenvalue weighted by molar-refractivity contribution is 5.87. The Kier molecular flexibility index (Phi) is 4.71. The van der Waals surface area contributed by atoms with Crippen LogP contribution in [-0.4, -0.2) is 26.8 Å². The number of hydrogen-bond acceptors (Lipinski definition) is 3. The largest absolute Gasteiger partial charge is 0.478 e. The van der Waals surface area contributed by atoms with Crippen molar-refractivity contribution in [2.45, 2.75) is 20.0 Å². The molecule has 0 aliphatic carbocycles. The van der Waals surface area contributed by atoms with E-state index in [0.29, 0.717) is 13.1 Å². The molecule has 0 spiro atoms. The van der Waals surface area contributed by atoms with Gasteiger partial charge in [-0.3, -0.25) is 9.48 Å². The van der Waals surface area contributed by atoms with Crippen molar-refractivity contribution in [3.05, 3.63) is 53.9 Å². The second-order valence-electron chi connectivity index (χ2n) is 4.85. The van der Waals surface area contributed by atoms with Crippen molar-refractivity contribution in [3.63, 3.8) is 0 Å². The summed E-state index contributed by atoms with van der Waals surface area (Å²) in [7, 11) is 0. The Hall–Kier alpha value is -2.63. The molecule has 2 aromatic rings. The molecule has 1 heterocycles. The molecule has 0 radical (unpaired) electrons. The van der Waals surface area contributed by atoms with Gasteiger partial charge in [0, 0.05) is 18.9 Å². The molecule has 1 aromatic carbocycles. The first-order valence-electron chi connectivity index (χ1n) is 6.63. The molecule has 0 bridgehead atoms. The Bertz CT molecular complexity index is 606. The van der Waals surface area contributed by atoms with Gasteiger partial charge in [-0.2, -0.15) is 5.10 Å². The minimum Gasteiger partial charge on any atom is -0.478 e. The van der Waals surface area contributed by atoms with Crippen LogP contribution >= 0.6 is 0 Å². The van der Waals surface area contributed by atoms with E-state index in [-0.39, 0.29) is 17.4 Å². The van der Waals surface area contributed by atoms with Crippen molar-refractivity contribution in [2.24, 2.45) is 5.92 Å². The lowest BCUT2D eigenvalue weighted by Gasteiger charge is -2.12. The standard InChI is InChI=1S/C15H17N3O3/c1-11(10-18-8-2-7-17-18)14(19)16-9-12-3-5-13(6-4-12)15(20)21/h2-8,11H,9-10H2,1H3,(H,16,19)(H,20,21). The van der Waals surface area contributed by atoms with Crippen molar-refractivity contribution in [1.82, 2.24) is 15.1 Å². The number of carbonyl (C=O) groups is 2. The number of rotatable bonds is 6. The molecule has 110 valence electrons. The Morgan fingerprint density at radius 2 is 2.05 bits per heavy atom. The summed E-state index contributed by atoms with van der Waals surface area (Å²) >= 11 is 0. The number of amides is 1. The first-order chi connectivity index (χ1) is 10.1. The quantitative estimate of drug-likeness (QED) is 0.844. The van der Waals surface area contributed by atoms with E-state index in [2.05, 4.69) is 10.4 Å². The predicted molar refractivity (Wildman–Crippen MR) is 76.6 cm³/mol. The van der Waals surface area contributed by atoms with Crippen LogP contribution in [0.4, 0.5) is 0 Å². The van der Waals surface area contributed by atoms with Gasteiger partial charge in [-0.1, -0.05) is 19.1 Å². The van der Waals surface area contributed by atoms with Gasteiger partial charge in [-0.15, -0.1) is 0 Å². The van der Waals surface area contributed by atoms with Crippen molar-refractivity contribution >= 4 is 11.9 Å². The monoisotopic (exact) mass is 287 g/mol. The molecule has 0 saturated carbocycles. The van der Waals surface area contributed by atoms with Gasteiger partial charge < -0.3 is 10.4 Å². The molecule has 2 rings (SSSR count). The highest BCUT2D eigenvalue weighted by atomic mass is 16.4. The van der Waals surface area contributed by atoms with Crippen molar-refractivity contribution in [2.75, 3.05) is 0 Å². The van der Waals surface area contributed by atoms with Gasteiger partial charge in [0.05, 0.1) is 18.0 Å². The minimum absolute atomic E-state index is 0.0622. The SMILES string of the molecule is CC(Cn1cccn1)C(=O)NCc1ccc(C(=O)O)cc1. The molecule has 0 saturated heterocycles. The molecule has 2 N–H and O–H groups in total. The van der Waals surface area contributed by atoms with E-state index in [9.17, 15) is 9.59 Å². The zero-order valence-electron chi connectivity index (χ0n) is 11.7. The maximum atomic E-state index is 12.0. The van der Waals surface area contributed by atoms with E-state index in [1.807, 2.05) is 19.2 Å². The van der Waals surface area contributed by atoms with Gasteiger partial charge in [0.2, 0.25) is 5.91 Å². The molecular weight excluding hydrogens is 270 g/mol. The van der Waals surface area contributed by atoms with Crippen LogP contribution in [0.25, 0.3) is 0 Å². The molecule has 1 unspecified atom stereocenters. The van der Waals surface area contributed by atoms with Gasteiger partial charge >= 0.3 is 5.97 Å². The van der Waals surface area contributed by atoms with Crippen LogP contribution in [0, 0.1) is 5.92 Å². The summed E-state index contributed by atoms with van der Waals surface area (Å²) in [6.45, 7) is 2.74. The lowest BCUT2D eigenvalue weighted by molar-refractivity contribution is -0.125. The number of aromatic nitrogens is 2. The zero-order valence-corrected chi connectivity index (χ0v) is 11.7. The lowest BCUT2D eigenvalue weighted by Crippen LogP contribution is -2.31. The third-order valence-corrected chi connectivity index (χ3v) is 3.14. The van der Waals surface area contributed by atoms with Crippen LogP contribution in [0.2, 0.25) is 0 Å². The summed E-state index contributed by atoms with van der Waals surface area (Å²) in [6, 6.07) is 8.26. The molecule has 6 nitrogen and oxygen atoms in total. The number of carboxylic acids is 1. The molecule has 1 atom stereocenters. The maximum absolute atomic E-state index is 12.0. The maximum Gasteiger partial charge on any atom is 0.335 e. The van der Waals surface area contributed by atoms with Crippen LogP contribution in [0.3, 0.4) is 0 Å². The smallest absolute Gasteiger partial charge is 0.335 e. The first-order valence-corrected chi connectivity index (χ1v) is 6.63. The normalized spacial score (nSPS) is 11.9. The fourth-order valence-corrected chi connectivity index (χ4v) is 1.90. The van der Waals surface area contributed by atoms with E-state index in [0.717, 1.165) is 5.56 Å². The highest BCUT2D eigenvalue weighted by Gasteiger charge is 2.13. The molecule has 0 fully saturated rings. The molecule has 6 heteroatoms. The summed E-state index contributed by atoms with van der Waals surface area (Å²) in [5, 5.41) is 15.7. The lowest BCUT2D eigenvalue weighted by atomic mass is 10.1. The van der Waals surface area contributed by atoms with E-state index >= 15 is 0 Å². The van der Waals surface area contributed by atoms with Gasteiger partial charge in [-0.05, 0) is 23.8 Å². The number of benzene rings is 1. The van der Waals surface area contributed by atoms with Crippen LogP contribution in [-0.2, 0) is 17.9 Å². The van der Waals surface area contributed by atoms with Crippen LogP contribution in [0.1, 0.15) is 22.8 Å². The van der Waals surface area contributed by atoms with Gasteiger partial charge in [-0.25, -0.2) is 4.79 Å². The molecule has 0 aliphatic heterocycles. The van der Waals surface area contributed by atoms with Crippen molar-refractivity contribution in [3.8, 4) is 0 Å². The van der Waals surface area contributed by atoms with Crippen molar-refractivity contribution in [1.29, 1.82) is 0 Å². The molecule has 21 heavy (non-hydrogen) atoms. The second kappa shape index (κ2) is 6.69. The highest BCUT2D eigenvalue weighted by Crippen LogP contribution is 2.05. The summed E-state index contributed by atoms with van der Waals surface area (Å²) in [5.41, 5.74) is 1.09. The second-order valence-corrected chi connectivity index (χ2v) is 4.85. The number of hydrogen-bond donors (Lipinski definition) is 2. The van der Waals surface area contributed by atoms with E-state index < -0.39 is 5.97 Å².